The molecule has 0 spiro atoms. The first kappa shape index (κ1) is 30.3. The van der Waals surface area contributed by atoms with Crippen LogP contribution in [0.15, 0.2) is 0 Å². The summed E-state index contributed by atoms with van der Waals surface area (Å²) in [5, 5.41) is 0. The van der Waals surface area contributed by atoms with E-state index in [1.807, 2.05) is 0 Å². The van der Waals surface area contributed by atoms with Crippen LogP contribution < -0.4 is 0 Å². The second-order valence-electron chi connectivity index (χ2n) is 1.06. The van der Waals surface area contributed by atoms with Gasteiger partial charge < -0.3 is 19.6 Å². The SMILES string of the molecule is Cl.O=P(O)(O)OP(=O)(O)O.[KH].[NaH].[NaH]. The van der Waals surface area contributed by atoms with Crippen molar-refractivity contribution in [2.75, 3.05) is 0 Å². The zero-order valence-electron chi connectivity index (χ0n) is 4.32. The minimum absolute atomic E-state index is 0. The summed E-state index contributed by atoms with van der Waals surface area (Å²) in [7, 11) is -10.1. The summed E-state index contributed by atoms with van der Waals surface area (Å²) in [6.45, 7) is 0. The van der Waals surface area contributed by atoms with E-state index in [0.29, 0.717) is 0 Å². The molecule has 0 bridgehead atoms. The fourth-order valence-corrected chi connectivity index (χ4v) is 1.25. The molecule has 0 heterocycles. The summed E-state index contributed by atoms with van der Waals surface area (Å²) in [4.78, 5) is 31.0. The average Bonchev–Trinajstić information content (AvgIpc) is 1.14. The predicted molar refractivity (Wildman–Crippen MR) is 53.9 cm³/mol. The second kappa shape index (κ2) is 12.6. The van der Waals surface area contributed by atoms with Gasteiger partial charge in [-0.15, -0.1) is 12.4 Å². The van der Waals surface area contributed by atoms with Crippen LogP contribution in [0.5, 0.6) is 0 Å². The van der Waals surface area contributed by atoms with Gasteiger partial charge in [-0.25, -0.2) is 9.13 Å². The average molecular weight is 303 g/mol. The molecule has 13 heteroatoms. The van der Waals surface area contributed by atoms with E-state index in [1.165, 1.54) is 0 Å². The van der Waals surface area contributed by atoms with Gasteiger partial charge in [0.2, 0.25) is 0 Å². The van der Waals surface area contributed by atoms with Crippen LogP contribution in [0.3, 0.4) is 0 Å². The maximum absolute atomic E-state index is 9.63. The van der Waals surface area contributed by atoms with Crippen molar-refractivity contribution in [3.8, 4) is 0 Å². The molecular weight excluding hydrogens is 294 g/mol. The topological polar surface area (TPSA) is 124 Å². The maximum atomic E-state index is 9.63. The van der Waals surface area contributed by atoms with Crippen molar-refractivity contribution in [3.05, 3.63) is 0 Å². The summed E-state index contributed by atoms with van der Waals surface area (Å²) >= 11 is 0. The van der Waals surface area contributed by atoms with Crippen molar-refractivity contribution < 1.29 is 33.0 Å². The fraction of sp³-hybridized carbons (Fsp3) is 0. The molecule has 0 fully saturated rings. The van der Waals surface area contributed by atoms with E-state index in [9.17, 15) is 9.13 Å². The Morgan fingerprint density at radius 1 is 0.846 bits per heavy atom. The molecule has 0 aliphatic heterocycles. The normalized spacial score (nSPS) is 9.54. The van der Waals surface area contributed by atoms with Gasteiger partial charge in [-0.2, -0.15) is 4.31 Å². The van der Waals surface area contributed by atoms with Gasteiger partial charge in [0.05, 0.1) is 0 Å². The Bertz CT molecular complexity index is 165. The van der Waals surface area contributed by atoms with Crippen LogP contribution in [-0.2, 0) is 13.4 Å². The van der Waals surface area contributed by atoms with Crippen LogP contribution in [0, 0.1) is 0 Å². The zero-order chi connectivity index (χ0) is 7.71. The molecule has 0 aromatic rings. The molecule has 4 N–H and O–H groups in total. The van der Waals surface area contributed by atoms with E-state index in [2.05, 4.69) is 4.31 Å². The second-order valence-corrected chi connectivity index (χ2v) is 3.68. The van der Waals surface area contributed by atoms with Crippen LogP contribution in [0.1, 0.15) is 0 Å². The van der Waals surface area contributed by atoms with Gasteiger partial charge in [-0.05, 0) is 0 Å². The number of rotatable bonds is 2. The molecule has 0 radical (unpaired) electrons. The van der Waals surface area contributed by atoms with E-state index >= 15 is 0 Å². The molecule has 0 aliphatic rings. The molecular formula is H8ClKNa2O7P2. The predicted octanol–water partition coefficient (Wildman–Crippen LogP) is -2.34. The van der Waals surface area contributed by atoms with Crippen LogP contribution in [0.25, 0.3) is 0 Å². The van der Waals surface area contributed by atoms with Gasteiger partial charge in [0.1, 0.15) is 0 Å². The zero-order valence-corrected chi connectivity index (χ0v) is 6.92. The Labute approximate surface area is 168 Å². The Morgan fingerprint density at radius 3 is 1.00 bits per heavy atom. The van der Waals surface area contributed by atoms with E-state index in [4.69, 9.17) is 19.6 Å². The van der Waals surface area contributed by atoms with Crippen molar-refractivity contribution in [1.82, 2.24) is 0 Å². The Kier molecular flexibility index (Phi) is 29.5. The molecule has 0 amide bonds. The van der Waals surface area contributed by atoms with Gasteiger partial charge in [0.25, 0.3) is 0 Å². The van der Waals surface area contributed by atoms with E-state index < -0.39 is 15.6 Å². The number of hydrogen-bond donors (Lipinski definition) is 4. The molecule has 0 atom stereocenters. The molecule has 0 unspecified atom stereocenters. The van der Waals surface area contributed by atoms with Crippen LogP contribution >= 0.6 is 28.1 Å². The van der Waals surface area contributed by atoms with Crippen LogP contribution in [0.4, 0.5) is 0 Å². The number of hydrogen-bond acceptors (Lipinski definition) is 3. The third kappa shape index (κ3) is 31.4. The summed E-state index contributed by atoms with van der Waals surface area (Å²) in [5.74, 6) is 0. The van der Waals surface area contributed by atoms with Crippen molar-refractivity contribution >= 4 is 139 Å². The van der Waals surface area contributed by atoms with Gasteiger partial charge in [-0.3, -0.25) is 0 Å². The molecule has 0 saturated heterocycles. The van der Waals surface area contributed by atoms with Crippen molar-refractivity contribution in [2.24, 2.45) is 0 Å². The Balaban J connectivity index is -0.0000000533. The summed E-state index contributed by atoms with van der Waals surface area (Å²) in [6, 6.07) is 0. The van der Waals surface area contributed by atoms with Crippen molar-refractivity contribution in [3.63, 3.8) is 0 Å². The molecule has 0 aromatic heterocycles. The Morgan fingerprint density at radius 2 is 1.00 bits per heavy atom. The Hall–Kier alpha value is 4.19. The first-order valence-electron chi connectivity index (χ1n) is 1.53. The van der Waals surface area contributed by atoms with Gasteiger partial charge >= 0.3 is 126 Å². The van der Waals surface area contributed by atoms with E-state index in [0.717, 1.165) is 0 Å². The standard InChI is InChI=1S/ClH.K.2Na.H4O7P2.3H/c;;;;1-8(2,3)7-9(4,5)6;;;/h1H;;;;(H2,1,2,3)(H2,4,5,6);;;. The quantitative estimate of drug-likeness (QED) is 0.333. The molecule has 0 aliphatic carbocycles. The van der Waals surface area contributed by atoms with Crippen molar-refractivity contribution in [1.29, 1.82) is 0 Å². The number of halogens is 1. The molecule has 0 rings (SSSR count). The van der Waals surface area contributed by atoms with Gasteiger partial charge in [-0.1, -0.05) is 0 Å². The third-order valence-corrected chi connectivity index (χ3v) is 1.91. The fourth-order valence-electron chi connectivity index (χ4n) is 0.139. The summed E-state index contributed by atoms with van der Waals surface area (Å²) in [5.41, 5.74) is 0. The molecule has 7 nitrogen and oxygen atoms in total. The number of phosphoric acid groups is 2. The molecule has 0 saturated carbocycles. The van der Waals surface area contributed by atoms with Gasteiger partial charge in [0, 0.05) is 0 Å². The summed E-state index contributed by atoms with van der Waals surface area (Å²) in [6.07, 6.45) is 0. The summed E-state index contributed by atoms with van der Waals surface area (Å²) < 4.78 is 22.2. The van der Waals surface area contributed by atoms with E-state index in [1.54, 1.807) is 0 Å². The monoisotopic (exact) mass is 302 g/mol. The molecule has 0 aromatic carbocycles. The molecule has 13 heavy (non-hydrogen) atoms. The molecule has 70 valence electrons. The van der Waals surface area contributed by atoms with E-state index in [-0.39, 0.29) is 123 Å². The third-order valence-electron chi connectivity index (χ3n) is 0.213. The minimum atomic E-state index is -5.05. The first-order chi connectivity index (χ1) is 3.71. The van der Waals surface area contributed by atoms with Crippen LogP contribution in [0.2, 0.25) is 0 Å². The first-order valence-corrected chi connectivity index (χ1v) is 4.59. The van der Waals surface area contributed by atoms with Crippen molar-refractivity contribution in [2.45, 2.75) is 0 Å². The van der Waals surface area contributed by atoms with Gasteiger partial charge in [0.15, 0.2) is 0 Å². The van der Waals surface area contributed by atoms with Crippen LogP contribution in [-0.4, -0.2) is 130 Å².